The zero-order valence-electron chi connectivity index (χ0n) is 17.2. The lowest BCUT2D eigenvalue weighted by Crippen LogP contribution is -2.44. The van der Waals surface area contributed by atoms with E-state index in [0.29, 0.717) is 6.42 Å². The van der Waals surface area contributed by atoms with Crippen molar-refractivity contribution >= 4 is 28.2 Å². The Morgan fingerprint density at radius 1 is 1.10 bits per heavy atom. The van der Waals surface area contributed by atoms with E-state index in [9.17, 15) is 4.79 Å². The van der Waals surface area contributed by atoms with Gasteiger partial charge in [-0.05, 0) is 37.5 Å². The molecular formula is C23H27N5OS. The lowest BCUT2D eigenvalue weighted by Gasteiger charge is -2.32. The lowest BCUT2D eigenvalue weighted by atomic mass is 10.0. The van der Waals surface area contributed by atoms with E-state index >= 15 is 0 Å². The maximum absolute atomic E-state index is 12.5. The van der Waals surface area contributed by atoms with Gasteiger partial charge in [0.2, 0.25) is 5.91 Å². The van der Waals surface area contributed by atoms with Crippen LogP contribution in [0, 0.1) is 6.92 Å². The van der Waals surface area contributed by atoms with E-state index in [0.717, 1.165) is 54.8 Å². The van der Waals surface area contributed by atoms with Gasteiger partial charge in [0, 0.05) is 36.8 Å². The number of hydrogen-bond donors (Lipinski definition) is 2. The van der Waals surface area contributed by atoms with Gasteiger partial charge in [0.05, 0.1) is 12.1 Å². The number of pyridine rings is 1. The molecule has 1 saturated heterocycles. The summed E-state index contributed by atoms with van der Waals surface area (Å²) in [6.07, 6.45) is 2.28. The minimum Gasteiger partial charge on any atom is -0.353 e. The molecule has 4 rings (SSSR count). The molecule has 1 fully saturated rings. The van der Waals surface area contributed by atoms with Crippen LogP contribution in [0.3, 0.4) is 0 Å². The van der Waals surface area contributed by atoms with Crippen molar-refractivity contribution < 1.29 is 4.79 Å². The van der Waals surface area contributed by atoms with Crippen LogP contribution < -0.4 is 10.6 Å². The molecule has 0 radical (unpaired) electrons. The molecule has 2 aromatic heterocycles. The molecule has 156 valence electrons. The summed E-state index contributed by atoms with van der Waals surface area (Å²) in [5, 5.41) is 9.07. The summed E-state index contributed by atoms with van der Waals surface area (Å²) < 4.78 is 0. The van der Waals surface area contributed by atoms with Crippen LogP contribution >= 0.6 is 11.3 Å². The Morgan fingerprint density at radius 3 is 2.67 bits per heavy atom. The first kappa shape index (κ1) is 20.5. The molecule has 0 saturated carbocycles. The molecule has 1 aliphatic rings. The second-order valence-electron chi connectivity index (χ2n) is 7.71. The monoisotopic (exact) mass is 421 g/mol. The number of nitrogens with one attached hydrogen (secondary N) is 2. The molecule has 0 unspecified atom stereocenters. The summed E-state index contributed by atoms with van der Waals surface area (Å²) in [6, 6.07) is 16.6. The van der Waals surface area contributed by atoms with Gasteiger partial charge in [-0.3, -0.25) is 9.69 Å². The first-order valence-corrected chi connectivity index (χ1v) is 11.2. The number of rotatable bonds is 7. The number of benzene rings is 1. The number of anilines is 2. The number of carbonyl (C=O) groups is 1. The lowest BCUT2D eigenvalue weighted by molar-refractivity contribution is -0.121. The van der Waals surface area contributed by atoms with Crippen LogP contribution in [0.2, 0.25) is 0 Å². The molecule has 6 nitrogen and oxygen atoms in total. The first-order chi connectivity index (χ1) is 14.6. The first-order valence-electron chi connectivity index (χ1n) is 10.3. The maximum atomic E-state index is 12.5. The zero-order chi connectivity index (χ0) is 20.8. The van der Waals surface area contributed by atoms with Crippen molar-refractivity contribution in [3.63, 3.8) is 0 Å². The Kier molecular flexibility index (Phi) is 6.71. The molecule has 3 aromatic rings. The number of aryl methyl sites for hydroxylation is 1. The quantitative estimate of drug-likeness (QED) is 0.605. The molecule has 2 N–H and O–H groups in total. The average Bonchev–Trinajstić information content (AvgIpc) is 3.17. The highest BCUT2D eigenvalue weighted by Crippen LogP contribution is 2.20. The summed E-state index contributed by atoms with van der Waals surface area (Å²) in [6.45, 7) is 4.95. The van der Waals surface area contributed by atoms with Gasteiger partial charge in [0.15, 0.2) is 5.13 Å². The molecule has 0 aliphatic carbocycles. The van der Waals surface area contributed by atoms with Gasteiger partial charge in [-0.1, -0.05) is 36.4 Å². The molecular weight excluding hydrogens is 394 g/mol. The molecule has 0 bridgehead atoms. The van der Waals surface area contributed by atoms with Gasteiger partial charge < -0.3 is 10.6 Å². The van der Waals surface area contributed by atoms with Gasteiger partial charge >= 0.3 is 0 Å². The normalized spacial score (nSPS) is 15.1. The number of nitrogens with zero attached hydrogens (tertiary/aromatic N) is 3. The van der Waals surface area contributed by atoms with Crippen LogP contribution in [0.5, 0.6) is 0 Å². The van der Waals surface area contributed by atoms with Crippen LogP contribution in [0.25, 0.3) is 0 Å². The van der Waals surface area contributed by atoms with Crippen molar-refractivity contribution in [2.24, 2.45) is 0 Å². The number of aromatic nitrogens is 2. The fourth-order valence-electron chi connectivity index (χ4n) is 3.69. The number of thiazole rings is 1. The molecule has 0 spiro atoms. The Balaban J connectivity index is 1.21. The Labute approximate surface area is 181 Å². The van der Waals surface area contributed by atoms with Crippen molar-refractivity contribution in [3.8, 4) is 0 Å². The molecule has 1 aliphatic heterocycles. The van der Waals surface area contributed by atoms with Gasteiger partial charge in [-0.25, -0.2) is 9.97 Å². The molecule has 30 heavy (non-hydrogen) atoms. The zero-order valence-corrected chi connectivity index (χ0v) is 18.0. The van der Waals surface area contributed by atoms with E-state index in [2.05, 4.69) is 49.8 Å². The van der Waals surface area contributed by atoms with E-state index in [1.54, 1.807) is 0 Å². The smallest absolute Gasteiger partial charge is 0.226 e. The number of piperidine rings is 1. The maximum Gasteiger partial charge on any atom is 0.226 e. The minimum atomic E-state index is 0.0436. The van der Waals surface area contributed by atoms with Gasteiger partial charge in [0.25, 0.3) is 0 Å². The van der Waals surface area contributed by atoms with Crippen LogP contribution in [-0.4, -0.2) is 39.9 Å². The van der Waals surface area contributed by atoms with Crippen LogP contribution in [0.4, 0.5) is 10.9 Å². The van der Waals surface area contributed by atoms with Gasteiger partial charge in [-0.2, -0.15) is 0 Å². The average molecular weight is 422 g/mol. The molecule has 0 atom stereocenters. The minimum absolute atomic E-state index is 0.0436. The second kappa shape index (κ2) is 9.82. The highest BCUT2D eigenvalue weighted by Gasteiger charge is 2.21. The number of likely N-dealkylation sites (tertiary alicyclic amines) is 1. The van der Waals surface area contributed by atoms with E-state index in [1.807, 2.05) is 36.6 Å². The molecule has 3 heterocycles. The number of carbonyl (C=O) groups excluding carboxylic acids is 1. The van der Waals surface area contributed by atoms with Crippen molar-refractivity contribution in [2.75, 3.05) is 18.4 Å². The fraction of sp³-hybridized carbons (Fsp3) is 0.348. The van der Waals surface area contributed by atoms with Crippen molar-refractivity contribution in [1.82, 2.24) is 20.2 Å². The highest BCUT2D eigenvalue weighted by molar-refractivity contribution is 7.13. The third-order valence-electron chi connectivity index (χ3n) is 5.22. The number of amides is 1. The predicted molar refractivity (Wildman–Crippen MR) is 121 cm³/mol. The van der Waals surface area contributed by atoms with Crippen molar-refractivity contribution in [2.45, 2.75) is 38.8 Å². The van der Waals surface area contributed by atoms with Crippen LogP contribution in [0.15, 0.2) is 53.9 Å². The van der Waals surface area contributed by atoms with E-state index in [-0.39, 0.29) is 11.9 Å². The van der Waals surface area contributed by atoms with Gasteiger partial charge in [0.1, 0.15) is 5.82 Å². The van der Waals surface area contributed by atoms with Gasteiger partial charge in [-0.15, -0.1) is 11.3 Å². The van der Waals surface area contributed by atoms with Crippen LogP contribution in [0.1, 0.15) is 29.8 Å². The fourth-order valence-corrected chi connectivity index (χ4v) is 4.41. The predicted octanol–water partition coefficient (Wildman–Crippen LogP) is 3.91. The third-order valence-corrected chi connectivity index (χ3v) is 6.02. The second-order valence-corrected chi connectivity index (χ2v) is 8.57. The Morgan fingerprint density at radius 2 is 1.90 bits per heavy atom. The summed E-state index contributed by atoms with van der Waals surface area (Å²) in [5.74, 6) is 0.810. The summed E-state index contributed by atoms with van der Waals surface area (Å²) >= 11 is 1.49. The van der Waals surface area contributed by atoms with E-state index in [1.165, 1.54) is 16.9 Å². The highest BCUT2D eigenvalue weighted by atomic mass is 32.1. The largest absolute Gasteiger partial charge is 0.353 e. The van der Waals surface area contributed by atoms with Crippen molar-refractivity contribution in [3.05, 3.63) is 70.9 Å². The SMILES string of the molecule is Cc1cccc(Nc2nc(CC(=O)NC3CCN(Cc4ccccc4)CC3)cs2)n1. The topological polar surface area (TPSA) is 70.2 Å². The molecule has 1 amide bonds. The van der Waals surface area contributed by atoms with Crippen LogP contribution in [-0.2, 0) is 17.8 Å². The van der Waals surface area contributed by atoms with E-state index in [4.69, 9.17) is 0 Å². The summed E-state index contributed by atoms with van der Waals surface area (Å²) in [7, 11) is 0. The third kappa shape index (κ3) is 5.87. The standard InChI is InChI=1S/C23H27N5OS/c1-17-6-5-9-21(24-17)27-23-26-20(16-30-23)14-22(29)25-19-10-12-28(13-11-19)15-18-7-3-2-4-8-18/h2-9,16,19H,10-15H2,1H3,(H,25,29)(H,24,26,27). The van der Waals surface area contributed by atoms with Crippen molar-refractivity contribution in [1.29, 1.82) is 0 Å². The molecule has 7 heteroatoms. The Hall–Kier alpha value is -2.77. The summed E-state index contributed by atoms with van der Waals surface area (Å²) in [5.41, 5.74) is 3.08. The summed E-state index contributed by atoms with van der Waals surface area (Å²) in [4.78, 5) is 23.9. The number of hydrogen-bond acceptors (Lipinski definition) is 6. The van der Waals surface area contributed by atoms with E-state index < -0.39 is 0 Å². The Bertz CT molecular complexity index is 966. The molecule has 1 aromatic carbocycles.